The van der Waals surface area contributed by atoms with Gasteiger partial charge in [-0.25, -0.2) is 0 Å². The van der Waals surface area contributed by atoms with Crippen molar-refractivity contribution in [3.8, 4) is 0 Å². The molecule has 0 saturated carbocycles. The molecule has 0 radical (unpaired) electrons. The molecule has 4 unspecified atom stereocenters. The topological polar surface area (TPSA) is 0 Å². The van der Waals surface area contributed by atoms with E-state index in [1.807, 2.05) is 13.8 Å². The van der Waals surface area contributed by atoms with Gasteiger partial charge in [-0.1, -0.05) is 108 Å². The zero-order valence-corrected chi connectivity index (χ0v) is 18.4. The van der Waals surface area contributed by atoms with E-state index in [1.165, 1.54) is 44.9 Å². The highest BCUT2D eigenvalue weighted by atomic mass is 14.2. The summed E-state index contributed by atoms with van der Waals surface area (Å²) in [6, 6.07) is 0. The zero-order valence-electron chi connectivity index (χ0n) is 18.4. The maximum atomic E-state index is 2.49. The fourth-order valence-electron chi connectivity index (χ4n) is 3.37. The van der Waals surface area contributed by atoms with E-state index in [0.717, 1.165) is 35.5 Å². The first-order chi connectivity index (χ1) is 10.8. The Hall–Kier alpha value is 0. The van der Waals surface area contributed by atoms with E-state index < -0.39 is 0 Å². The summed E-state index contributed by atoms with van der Waals surface area (Å²) in [4.78, 5) is 0. The molecule has 0 saturated heterocycles. The van der Waals surface area contributed by atoms with Crippen LogP contribution in [0.25, 0.3) is 0 Å². The smallest absolute Gasteiger partial charge is 0.0391 e. The Bertz CT molecular complexity index is 228. The van der Waals surface area contributed by atoms with Crippen LogP contribution in [0.1, 0.15) is 114 Å². The molecule has 4 atom stereocenters. The van der Waals surface area contributed by atoms with Crippen molar-refractivity contribution in [2.45, 2.75) is 114 Å². The minimum absolute atomic E-state index is 0.860. The van der Waals surface area contributed by atoms with Gasteiger partial charge in [0.2, 0.25) is 0 Å². The first-order valence-electron chi connectivity index (χ1n) is 10.8. The molecule has 0 N–H and O–H groups in total. The predicted octanol–water partition coefficient (Wildman–Crippen LogP) is 8.60. The van der Waals surface area contributed by atoms with Gasteiger partial charge in [0.15, 0.2) is 0 Å². The number of hydrogen-bond acceptors (Lipinski definition) is 0. The van der Waals surface area contributed by atoms with Crippen molar-refractivity contribution in [2.75, 3.05) is 0 Å². The van der Waals surface area contributed by atoms with Crippen molar-refractivity contribution in [3.63, 3.8) is 0 Å². The summed E-state index contributed by atoms with van der Waals surface area (Å²) in [7, 11) is 0. The molecular formula is C23H50. The third-order valence-corrected chi connectivity index (χ3v) is 5.69. The van der Waals surface area contributed by atoms with Crippen LogP contribution >= 0.6 is 0 Å². The van der Waals surface area contributed by atoms with Crippen LogP contribution in [-0.4, -0.2) is 0 Å². The van der Waals surface area contributed by atoms with Crippen LogP contribution in [0.5, 0.6) is 0 Å². The Morgan fingerprint density at radius 3 is 1.17 bits per heavy atom. The molecule has 142 valence electrons. The lowest BCUT2D eigenvalue weighted by Crippen LogP contribution is -2.16. The van der Waals surface area contributed by atoms with Crippen molar-refractivity contribution in [1.82, 2.24) is 0 Å². The van der Waals surface area contributed by atoms with E-state index in [1.54, 1.807) is 0 Å². The van der Waals surface area contributed by atoms with Crippen molar-refractivity contribution in [1.29, 1.82) is 0 Å². The summed E-state index contributed by atoms with van der Waals surface area (Å²) in [5.41, 5.74) is 0. The second-order valence-electron chi connectivity index (χ2n) is 8.62. The van der Waals surface area contributed by atoms with Crippen LogP contribution in [0, 0.1) is 35.5 Å². The summed E-state index contributed by atoms with van der Waals surface area (Å²) in [5.74, 6) is 5.38. The van der Waals surface area contributed by atoms with E-state index in [4.69, 9.17) is 0 Å². The van der Waals surface area contributed by atoms with E-state index in [-0.39, 0.29) is 0 Å². The van der Waals surface area contributed by atoms with Gasteiger partial charge in [0.1, 0.15) is 0 Å². The van der Waals surface area contributed by atoms with Crippen molar-refractivity contribution in [2.24, 2.45) is 35.5 Å². The Labute approximate surface area is 150 Å². The monoisotopic (exact) mass is 326 g/mol. The first-order valence-corrected chi connectivity index (χ1v) is 10.8. The molecule has 0 rings (SSSR count). The van der Waals surface area contributed by atoms with Crippen LogP contribution in [0.4, 0.5) is 0 Å². The van der Waals surface area contributed by atoms with Crippen LogP contribution in [0.2, 0.25) is 0 Å². The predicted molar refractivity (Wildman–Crippen MR) is 110 cm³/mol. The standard InChI is InChI=1S/C21H44.C2H6/c1-9-21(20(8)13-11-17(4)5)15-14-19(7)18(6)12-10-16(2)3;1-2/h16-21H,9-15H2,1-8H3;1-2H3. The molecule has 0 bridgehead atoms. The van der Waals surface area contributed by atoms with Crippen LogP contribution < -0.4 is 0 Å². The van der Waals surface area contributed by atoms with E-state index in [9.17, 15) is 0 Å². The zero-order chi connectivity index (χ0) is 18.4. The molecule has 0 aliphatic carbocycles. The molecule has 0 heterocycles. The molecule has 0 aliphatic heterocycles. The highest BCUT2D eigenvalue weighted by Crippen LogP contribution is 2.30. The summed E-state index contributed by atoms with van der Waals surface area (Å²) in [5, 5.41) is 0. The Morgan fingerprint density at radius 2 is 0.826 bits per heavy atom. The molecule has 0 aromatic carbocycles. The lowest BCUT2D eigenvalue weighted by molar-refractivity contribution is 0.244. The molecule has 0 aliphatic rings. The average molecular weight is 327 g/mol. The van der Waals surface area contributed by atoms with Gasteiger partial charge < -0.3 is 0 Å². The van der Waals surface area contributed by atoms with Gasteiger partial charge in [-0.3, -0.25) is 0 Å². The lowest BCUT2D eigenvalue weighted by Gasteiger charge is -2.27. The highest BCUT2D eigenvalue weighted by Gasteiger charge is 2.19. The lowest BCUT2D eigenvalue weighted by atomic mass is 9.79. The van der Waals surface area contributed by atoms with Gasteiger partial charge in [-0.2, -0.15) is 0 Å². The second kappa shape index (κ2) is 15.5. The maximum Gasteiger partial charge on any atom is -0.0391 e. The minimum atomic E-state index is 0.860. The summed E-state index contributed by atoms with van der Waals surface area (Å²) in [6.45, 7) is 23.2. The van der Waals surface area contributed by atoms with Crippen LogP contribution in [-0.2, 0) is 0 Å². The third kappa shape index (κ3) is 14.1. The van der Waals surface area contributed by atoms with Crippen molar-refractivity contribution >= 4 is 0 Å². The molecule has 23 heavy (non-hydrogen) atoms. The largest absolute Gasteiger partial charge is 0.0683 e. The highest BCUT2D eigenvalue weighted by molar-refractivity contribution is 4.70. The Morgan fingerprint density at radius 1 is 0.478 bits per heavy atom. The van der Waals surface area contributed by atoms with Gasteiger partial charge >= 0.3 is 0 Å². The molecule has 0 fully saturated rings. The van der Waals surface area contributed by atoms with Crippen molar-refractivity contribution in [3.05, 3.63) is 0 Å². The average Bonchev–Trinajstić information content (AvgIpc) is 2.52. The van der Waals surface area contributed by atoms with Gasteiger partial charge in [0.05, 0.1) is 0 Å². The molecule has 0 nitrogen and oxygen atoms in total. The summed E-state index contributed by atoms with van der Waals surface area (Å²) < 4.78 is 0. The fourth-order valence-corrected chi connectivity index (χ4v) is 3.37. The van der Waals surface area contributed by atoms with Gasteiger partial charge in [0, 0.05) is 0 Å². The normalized spacial score (nSPS) is 16.7. The molecule has 0 aromatic heterocycles. The van der Waals surface area contributed by atoms with Crippen LogP contribution in [0.3, 0.4) is 0 Å². The van der Waals surface area contributed by atoms with E-state index in [0.29, 0.717) is 0 Å². The van der Waals surface area contributed by atoms with E-state index in [2.05, 4.69) is 55.4 Å². The molecular weight excluding hydrogens is 276 g/mol. The minimum Gasteiger partial charge on any atom is -0.0683 e. The Kier molecular flexibility index (Phi) is 17.0. The Balaban J connectivity index is 0. The second-order valence-corrected chi connectivity index (χ2v) is 8.62. The van der Waals surface area contributed by atoms with Crippen LogP contribution in [0.15, 0.2) is 0 Å². The molecule has 0 spiro atoms. The molecule has 0 aromatic rings. The fraction of sp³-hybridized carbons (Fsp3) is 1.00. The quantitative estimate of drug-likeness (QED) is 0.337. The molecule has 0 heteroatoms. The van der Waals surface area contributed by atoms with Gasteiger partial charge in [-0.15, -0.1) is 0 Å². The summed E-state index contributed by atoms with van der Waals surface area (Å²) >= 11 is 0. The SMILES string of the molecule is CC.CCC(CCC(C)C(C)CCC(C)C)C(C)CCC(C)C. The maximum absolute atomic E-state index is 2.49. The van der Waals surface area contributed by atoms with Crippen molar-refractivity contribution < 1.29 is 0 Å². The number of rotatable bonds is 12. The third-order valence-electron chi connectivity index (χ3n) is 5.69. The number of hydrogen-bond donors (Lipinski definition) is 0. The van der Waals surface area contributed by atoms with E-state index >= 15 is 0 Å². The van der Waals surface area contributed by atoms with Gasteiger partial charge in [0.25, 0.3) is 0 Å². The molecule has 0 amide bonds. The summed E-state index contributed by atoms with van der Waals surface area (Å²) in [6.07, 6.45) is 9.89. The first kappa shape index (κ1) is 25.2. The van der Waals surface area contributed by atoms with Gasteiger partial charge in [-0.05, 0) is 41.9 Å².